The molecule has 1 unspecified atom stereocenters. The van der Waals surface area contributed by atoms with Crippen LogP contribution < -0.4 is 0 Å². The molecule has 0 aromatic heterocycles. The number of ether oxygens (including phenoxy) is 1. The molecule has 0 aliphatic heterocycles. The summed E-state index contributed by atoms with van der Waals surface area (Å²) in [6, 6.07) is 0. The summed E-state index contributed by atoms with van der Waals surface area (Å²) in [5, 5.41) is 8.58. The summed E-state index contributed by atoms with van der Waals surface area (Å²) in [4.78, 5) is 0. The van der Waals surface area contributed by atoms with E-state index in [1.807, 2.05) is 0 Å². The van der Waals surface area contributed by atoms with Gasteiger partial charge in [-0.15, -0.1) is 0 Å². The highest BCUT2D eigenvalue weighted by Gasteiger charge is 2.07. The number of hydrogen-bond donors (Lipinski definition) is 1. The highest BCUT2D eigenvalue weighted by Crippen LogP contribution is 2.19. The van der Waals surface area contributed by atoms with Gasteiger partial charge in [-0.3, -0.25) is 0 Å². The first-order valence-electron chi connectivity index (χ1n) is 6.53. The van der Waals surface area contributed by atoms with Crippen LogP contribution in [0.5, 0.6) is 0 Å². The molecule has 0 radical (unpaired) electrons. The van der Waals surface area contributed by atoms with Gasteiger partial charge in [0.2, 0.25) is 0 Å². The Morgan fingerprint density at radius 3 is 2.33 bits per heavy atom. The smallest absolute Gasteiger partial charge is 0.0697 e. The van der Waals surface area contributed by atoms with E-state index >= 15 is 0 Å². The molecular weight excluding hydrogens is 188 g/mol. The van der Waals surface area contributed by atoms with Crippen molar-refractivity contribution in [2.75, 3.05) is 19.8 Å². The second kappa shape index (κ2) is 12.0. The SMILES string of the molecule is CCCCCC(CCC)CCOCCO. The fourth-order valence-corrected chi connectivity index (χ4v) is 1.94. The largest absolute Gasteiger partial charge is 0.394 e. The van der Waals surface area contributed by atoms with Crippen LogP contribution in [0.25, 0.3) is 0 Å². The summed E-state index contributed by atoms with van der Waals surface area (Å²) < 4.78 is 5.32. The molecule has 92 valence electrons. The van der Waals surface area contributed by atoms with Gasteiger partial charge >= 0.3 is 0 Å². The normalized spacial score (nSPS) is 13.0. The number of aliphatic hydroxyl groups is 1. The Kier molecular flexibility index (Phi) is 11.9. The van der Waals surface area contributed by atoms with E-state index in [0.29, 0.717) is 6.61 Å². The summed E-state index contributed by atoms with van der Waals surface area (Å²) >= 11 is 0. The molecule has 1 atom stereocenters. The van der Waals surface area contributed by atoms with E-state index < -0.39 is 0 Å². The van der Waals surface area contributed by atoms with E-state index in [0.717, 1.165) is 18.9 Å². The highest BCUT2D eigenvalue weighted by molar-refractivity contribution is 4.59. The van der Waals surface area contributed by atoms with Gasteiger partial charge < -0.3 is 9.84 Å². The molecule has 2 heteroatoms. The molecule has 15 heavy (non-hydrogen) atoms. The zero-order valence-corrected chi connectivity index (χ0v) is 10.5. The van der Waals surface area contributed by atoms with Crippen molar-refractivity contribution in [2.24, 2.45) is 5.92 Å². The topological polar surface area (TPSA) is 29.5 Å². The minimum Gasteiger partial charge on any atom is -0.394 e. The number of rotatable bonds is 11. The van der Waals surface area contributed by atoms with E-state index in [2.05, 4.69) is 13.8 Å². The maximum atomic E-state index is 8.58. The van der Waals surface area contributed by atoms with Crippen molar-refractivity contribution in [3.05, 3.63) is 0 Å². The predicted molar refractivity (Wildman–Crippen MR) is 65.1 cm³/mol. The Labute approximate surface area is 95.0 Å². The fraction of sp³-hybridized carbons (Fsp3) is 1.00. The first-order valence-corrected chi connectivity index (χ1v) is 6.53. The van der Waals surface area contributed by atoms with Crippen molar-refractivity contribution in [3.63, 3.8) is 0 Å². The summed E-state index contributed by atoms with van der Waals surface area (Å²) in [5.74, 6) is 0.834. The zero-order valence-electron chi connectivity index (χ0n) is 10.5. The standard InChI is InChI=1S/C13H28O2/c1-3-5-6-8-13(7-4-2)9-11-15-12-10-14/h13-14H,3-12H2,1-2H3. The van der Waals surface area contributed by atoms with Crippen LogP contribution in [-0.2, 0) is 4.74 Å². The van der Waals surface area contributed by atoms with Gasteiger partial charge in [-0.25, -0.2) is 0 Å². The molecule has 0 saturated heterocycles. The minimum atomic E-state index is 0.147. The number of unbranched alkanes of at least 4 members (excludes halogenated alkanes) is 2. The molecular formula is C13H28O2. The van der Waals surface area contributed by atoms with Crippen molar-refractivity contribution in [2.45, 2.75) is 58.8 Å². The van der Waals surface area contributed by atoms with Crippen LogP contribution >= 0.6 is 0 Å². The van der Waals surface area contributed by atoms with Crippen molar-refractivity contribution >= 4 is 0 Å². The van der Waals surface area contributed by atoms with Gasteiger partial charge in [0.05, 0.1) is 13.2 Å². The van der Waals surface area contributed by atoms with Gasteiger partial charge in [0.15, 0.2) is 0 Å². The summed E-state index contributed by atoms with van der Waals surface area (Å²) in [5.41, 5.74) is 0. The van der Waals surface area contributed by atoms with E-state index in [9.17, 15) is 0 Å². The molecule has 0 heterocycles. The molecule has 0 rings (SSSR count). The van der Waals surface area contributed by atoms with Crippen molar-refractivity contribution in [1.29, 1.82) is 0 Å². The minimum absolute atomic E-state index is 0.147. The van der Waals surface area contributed by atoms with Crippen LogP contribution in [0.15, 0.2) is 0 Å². The predicted octanol–water partition coefficient (Wildman–Crippen LogP) is 3.38. The average molecular weight is 216 g/mol. The first-order chi connectivity index (χ1) is 7.35. The second-order valence-corrected chi connectivity index (χ2v) is 4.28. The van der Waals surface area contributed by atoms with Crippen LogP contribution in [-0.4, -0.2) is 24.9 Å². The molecule has 2 nitrogen and oxygen atoms in total. The van der Waals surface area contributed by atoms with Crippen LogP contribution in [0.2, 0.25) is 0 Å². The number of hydrogen-bond acceptors (Lipinski definition) is 2. The number of aliphatic hydroxyl groups excluding tert-OH is 1. The quantitative estimate of drug-likeness (QED) is 0.536. The van der Waals surface area contributed by atoms with Crippen LogP contribution in [0.3, 0.4) is 0 Å². The van der Waals surface area contributed by atoms with Crippen molar-refractivity contribution in [3.8, 4) is 0 Å². The Bertz CT molecular complexity index is 115. The lowest BCUT2D eigenvalue weighted by Crippen LogP contribution is -2.07. The Morgan fingerprint density at radius 1 is 0.933 bits per heavy atom. The lowest BCUT2D eigenvalue weighted by Gasteiger charge is -2.15. The van der Waals surface area contributed by atoms with Gasteiger partial charge in [0.25, 0.3) is 0 Å². The molecule has 0 aliphatic rings. The first kappa shape index (κ1) is 14.9. The summed E-state index contributed by atoms with van der Waals surface area (Å²) in [7, 11) is 0. The maximum absolute atomic E-state index is 8.58. The molecule has 1 N–H and O–H groups in total. The molecule has 0 fully saturated rings. The molecule has 0 saturated carbocycles. The molecule has 0 aromatic rings. The van der Waals surface area contributed by atoms with Crippen molar-refractivity contribution < 1.29 is 9.84 Å². The Morgan fingerprint density at radius 2 is 1.73 bits per heavy atom. The Hall–Kier alpha value is -0.0800. The van der Waals surface area contributed by atoms with E-state index in [-0.39, 0.29) is 6.61 Å². The average Bonchev–Trinajstić information content (AvgIpc) is 2.24. The van der Waals surface area contributed by atoms with Gasteiger partial charge in [-0.1, -0.05) is 52.4 Å². The molecule has 0 aromatic carbocycles. The zero-order chi connectivity index (χ0) is 11.4. The third kappa shape index (κ3) is 10.2. The molecule has 0 aliphatic carbocycles. The lowest BCUT2D eigenvalue weighted by molar-refractivity contribution is 0.0811. The summed E-state index contributed by atoms with van der Waals surface area (Å²) in [6.07, 6.45) is 9.14. The highest BCUT2D eigenvalue weighted by atomic mass is 16.5. The summed E-state index contributed by atoms with van der Waals surface area (Å²) in [6.45, 7) is 5.96. The van der Waals surface area contributed by atoms with Crippen molar-refractivity contribution in [1.82, 2.24) is 0 Å². The van der Waals surface area contributed by atoms with E-state index in [1.54, 1.807) is 0 Å². The van der Waals surface area contributed by atoms with Gasteiger partial charge in [0, 0.05) is 6.61 Å². The van der Waals surface area contributed by atoms with E-state index in [1.165, 1.54) is 38.5 Å². The third-order valence-electron chi connectivity index (χ3n) is 2.82. The molecule has 0 bridgehead atoms. The van der Waals surface area contributed by atoms with E-state index in [4.69, 9.17) is 9.84 Å². The van der Waals surface area contributed by atoms with Crippen LogP contribution in [0.4, 0.5) is 0 Å². The molecule has 0 amide bonds. The third-order valence-corrected chi connectivity index (χ3v) is 2.82. The molecule has 0 spiro atoms. The van der Waals surface area contributed by atoms with Gasteiger partial charge in [-0.05, 0) is 12.3 Å². The van der Waals surface area contributed by atoms with Crippen LogP contribution in [0, 0.1) is 5.92 Å². The van der Waals surface area contributed by atoms with Crippen LogP contribution in [0.1, 0.15) is 58.8 Å². The fourth-order valence-electron chi connectivity index (χ4n) is 1.94. The maximum Gasteiger partial charge on any atom is 0.0697 e. The Balaban J connectivity index is 3.44. The second-order valence-electron chi connectivity index (χ2n) is 4.28. The monoisotopic (exact) mass is 216 g/mol. The van der Waals surface area contributed by atoms with Gasteiger partial charge in [-0.2, -0.15) is 0 Å². The lowest BCUT2D eigenvalue weighted by atomic mass is 9.94. The van der Waals surface area contributed by atoms with Gasteiger partial charge in [0.1, 0.15) is 0 Å².